The van der Waals surface area contributed by atoms with E-state index in [-0.39, 0.29) is 11.8 Å². The van der Waals surface area contributed by atoms with Crippen molar-refractivity contribution < 1.29 is 9.59 Å². The van der Waals surface area contributed by atoms with E-state index < -0.39 is 0 Å². The van der Waals surface area contributed by atoms with Gasteiger partial charge in [-0.15, -0.1) is 0 Å². The number of anilines is 2. The first-order valence-electron chi connectivity index (χ1n) is 9.35. The molecule has 0 fully saturated rings. The molecule has 2 N–H and O–H groups in total. The monoisotopic (exact) mass is 474 g/mol. The normalized spacial score (nSPS) is 10.6. The van der Waals surface area contributed by atoms with Crippen LogP contribution in [0.2, 0.25) is 20.1 Å². The average Bonchev–Trinajstić information content (AvgIpc) is 2.67. The van der Waals surface area contributed by atoms with Gasteiger partial charge in [0.2, 0.25) is 11.8 Å². The lowest BCUT2D eigenvalue weighted by Gasteiger charge is -2.07. The first kappa shape index (κ1) is 23.8. The van der Waals surface area contributed by atoms with Crippen LogP contribution >= 0.6 is 46.4 Å². The second kappa shape index (κ2) is 12.3. The number of rotatable bonds is 10. The maximum absolute atomic E-state index is 11.9. The van der Waals surface area contributed by atoms with Crippen molar-refractivity contribution >= 4 is 69.6 Å². The predicted molar refractivity (Wildman–Crippen MR) is 123 cm³/mol. The number of carbonyl (C=O) groups is 2. The van der Waals surface area contributed by atoms with E-state index in [1.54, 1.807) is 36.4 Å². The lowest BCUT2D eigenvalue weighted by Crippen LogP contribution is -2.11. The topological polar surface area (TPSA) is 58.2 Å². The van der Waals surface area contributed by atoms with Crippen molar-refractivity contribution in [3.05, 3.63) is 56.5 Å². The van der Waals surface area contributed by atoms with Crippen LogP contribution in [0, 0.1) is 0 Å². The van der Waals surface area contributed by atoms with E-state index in [2.05, 4.69) is 10.6 Å². The maximum atomic E-state index is 11.9. The molecule has 0 radical (unpaired) electrons. The van der Waals surface area contributed by atoms with Crippen LogP contribution in [0.1, 0.15) is 44.9 Å². The van der Waals surface area contributed by atoms with Crippen molar-refractivity contribution in [1.29, 1.82) is 0 Å². The summed E-state index contributed by atoms with van der Waals surface area (Å²) in [5.74, 6) is -0.103. The number of hydrogen-bond acceptors (Lipinski definition) is 2. The highest BCUT2D eigenvalue weighted by Gasteiger charge is 2.06. The van der Waals surface area contributed by atoms with Gasteiger partial charge in [-0.25, -0.2) is 0 Å². The summed E-state index contributed by atoms with van der Waals surface area (Å²) in [6.45, 7) is 0. The fourth-order valence-corrected chi connectivity index (χ4v) is 3.29. The Kier molecular flexibility index (Phi) is 10.1. The molecule has 0 aliphatic carbocycles. The predicted octanol–water partition coefficient (Wildman–Crippen LogP) is 7.61. The molecule has 0 unspecified atom stereocenters. The first-order valence-corrected chi connectivity index (χ1v) is 10.9. The summed E-state index contributed by atoms with van der Waals surface area (Å²) in [6, 6.07) is 9.99. The van der Waals surface area contributed by atoms with Crippen molar-refractivity contribution in [3.8, 4) is 0 Å². The highest BCUT2D eigenvalue weighted by Crippen LogP contribution is 2.26. The lowest BCUT2D eigenvalue weighted by molar-refractivity contribution is -0.117. The minimum absolute atomic E-state index is 0.0515. The number of nitrogens with one attached hydrogen (secondary N) is 2. The van der Waals surface area contributed by atoms with Gasteiger partial charge in [-0.2, -0.15) is 0 Å². The molecule has 0 aliphatic rings. The molecular weight excluding hydrogens is 454 g/mol. The van der Waals surface area contributed by atoms with E-state index in [1.807, 2.05) is 0 Å². The lowest BCUT2D eigenvalue weighted by atomic mass is 10.1. The van der Waals surface area contributed by atoms with Crippen molar-refractivity contribution in [2.45, 2.75) is 44.9 Å². The second-order valence-electron chi connectivity index (χ2n) is 6.62. The molecule has 0 heterocycles. The van der Waals surface area contributed by atoms with Crippen LogP contribution in [0.4, 0.5) is 11.4 Å². The smallest absolute Gasteiger partial charge is 0.224 e. The van der Waals surface area contributed by atoms with Gasteiger partial charge in [0.05, 0.1) is 20.1 Å². The summed E-state index contributed by atoms with van der Waals surface area (Å²) in [4.78, 5) is 23.9. The van der Waals surface area contributed by atoms with E-state index in [0.717, 1.165) is 32.1 Å². The standard InChI is InChI=1S/C21H22Cl4N2O2/c22-16-10-8-14(12-18(16)24)26-20(28)6-4-2-1-3-5-7-21(29)27-15-9-11-17(23)19(25)13-15/h8-13H,1-7H2,(H,26,28)(H,27,29). The molecule has 29 heavy (non-hydrogen) atoms. The molecule has 0 aromatic heterocycles. The molecule has 0 saturated heterocycles. The largest absolute Gasteiger partial charge is 0.326 e. The molecule has 2 aromatic rings. The van der Waals surface area contributed by atoms with E-state index in [9.17, 15) is 9.59 Å². The highest BCUT2D eigenvalue weighted by molar-refractivity contribution is 6.42. The summed E-state index contributed by atoms with van der Waals surface area (Å²) in [7, 11) is 0. The number of carbonyl (C=O) groups excluding carboxylic acids is 2. The molecule has 2 rings (SSSR count). The van der Waals surface area contributed by atoms with Gasteiger partial charge in [0, 0.05) is 24.2 Å². The number of benzene rings is 2. The molecule has 0 aliphatic heterocycles. The van der Waals surface area contributed by atoms with Crippen LogP contribution in [-0.4, -0.2) is 11.8 Å². The molecular formula is C21H22Cl4N2O2. The maximum Gasteiger partial charge on any atom is 0.224 e. The van der Waals surface area contributed by atoms with Gasteiger partial charge >= 0.3 is 0 Å². The van der Waals surface area contributed by atoms with Crippen molar-refractivity contribution in [1.82, 2.24) is 0 Å². The summed E-state index contributed by atoms with van der Waals surface area (Å²) in [5, 5.41) is 7.34. The Hall–Kier alpha value is -1.46. The van der Waals surface area contributed by atoms with Crippen LogP contribution in [0.5, 0.6) is 0 Å². The summed E-state index contributed by atoms with van der Waals surface area (Å²) >= 11 is 23.6. The fourth-order valence-electron chi connectivity index (χ4n) is 2.70. The Morgan fingerprint density at radius 2 is 0.966 bits per heavy atom. The van der Waals surface area contributed by atoms with Crippen LogP contribution in [0.3, 0.4) is 0 Å². The molecule has 0 spiro atoms. The third-order valence-electron chi connectivity index (χ3n) is 4.21. The Balaban J connectivity index is 1.54. The van der Waals surface area contributed by atoms with Gasteiger partial charge in [-0.1, -0.05) is 65.7 Å². The Labute approximate surface area is 190 Å². The Morgan fingerprint density at radius 3 is 1.34 bits per heavy atom. The average molecular weight is 476 g/mol. The number of amides is 2. The zero-order valence-corrected chi connectivity index (χ0v) is 18.8. The number of halogens is 4. The molecule has 8 heteroatoms. The first-order chi connectivity index (χ1) is 13.8. The van der Waals surface area contributed by atoms with Gasteiger partial charge in [0.1, 0.15) is 0 Å². The van der Waals surface area contributed by atoms with Crippen LogP contribution < -0.4 is 10.6 Å². The summed E-state index contributed by atoms with van der Waals surface area (Å²) in [6.07, 6.45) is 5.31. The van der Waals surface area contributed by atoms with Crippen molar-refractivity contribution in [3.63, 3.8) is 0 Å². The molecule has 0 saturated carbocycles. The van der Waals surface area contributed by atoms with Crippen molar-refractivity contribution in [2.75, 3.05) is 10.6 Å². The minimum Gasteiger partial charge on any atom is -0.326 e. The van der Waals surface area contributed by atoms with Crippen LogP contribution in [-0.2, 0) is 9.59 Å². The van der Waals surface area contributed by atoms with Gasteiger partial charge in [-0.05, 0) is 49.2 Å². The molecule has 2 aromatic carbocycles. The molecule has 2 amide bonds. The van der Waals surface area contributed by atoms with E-state index in [1.165, 1.54) is 0 Å². The molecule has 156 valence electrons. The van der Waals surface area contributed by atoms with Gasteiger partial charge < -0.3 is 10.6 Å². The number of unbranched alkanes of at least 4 members (excludes halogenated alkanes) is 4. The van der Waals surface area contributed by atoms with Crippen LogP contribution in [0.15, 0.2) is 36.4 Å². The second-order valence-corrected chi connectivity index (χ2v) is 8.25. The Bertz CT molecular complexity index is 789. The quantitative estimate of drug-likeness (QED) is 0.347. The van der Waals surface area contributed by atoms with Crippen molar-refractivity contribution in [2.24, 2.45) is 0 Å². The Morgan fingerprint density at radius 1 is 0.586 bits per heavy atom. The van der Waals surface area contributed by atoms with E-state index >= 15 is 0 Å². The molecule has 0 atom stereocenters. The molecule has 0 bridgehead atoms. The van der Waals surface area contributed by atoms with Gasteiger partial charge in [0.15, 0.2) is 0 Å². The van der Waals surface area contributed by atoms with Crippen LogP contribution in [0.25, 0.3) is 0 Å². The molecule has 4 nitrogen and oxygen atoms in total. The zero-order valence-electron chi connectivity index (χ0n) is 15.7. The van der Waals surface area contributed by atoms with Gasteiger partial charge in [-0.3, -0.25) is 9.59 Å². The summed E-state index contributed by atoms with van der Waals surface area (Å²) < 4.78 is 0. The highest BCUT2D eigenvalue weighted by atomic mass is 35.5. The van der Waals surface area contributed by atoms with Gasteiger partial charge in [0.25, 0.3) is 0 Å². The number of hydrogen-bond donors (Lipinski definition) is 2. The van der Waals surface area contributed by atoms with E-state index in [0.29, 0.717) is 44.3 Å². The SMILES string of the molecule is O=C(CCCCCCCC(=O)Nc1ccc(Cl)c(Cl)c1)Nc1ccc(Cl)c(Cl)c1. The third kappa shape index (κ3) is 8.83. The fraction of sp³-hybridized carbons (Fsp3) is 0.333. The zero-order chi connectivity index (χ0) is 21.2. The minimum atomic E-state index is -0.0515. The van der Waals surface area contributed by atoms with E-state index in [4.69, 9.17) is 46.4 Å². The summed E-state index contributed by atoms with van der Waals surface area (Å²) in [5.41, 5.74) is 1.27. The third-order valence-corrected chi connectivity index (χ3v) is 5.69.